The van der Waals surface area contributed by atoms with Gasteiger partial charge in [-0.3, -0.25) is 4.99 Å². The first-order chi connectivity index (χ1) is 7.05. The van der Waals surface area contributed by atoms with Crippen LogP contribution in [0, 0.1) is 0 Å². The van der Waals surface area contributed by atoms with Crippen LogP contribution in [0.5, 0.6) is 0 Å². The normalized spacial score (nSPS) is 16.3. The molecule has 6 heteroatoms. The fourth-order valence-corrected chi connectivity index (χ4v) is 2.24. The molecule has 0 amide bonds. The lowest BCUT2D eigenvalue weighted by Gasteiger charge is -2.14. The van der Waals surface area contributed by atoms with E-state index in [2.05, 4.69) is 16.9 Å². The molecule has 5 nitrogen and oxygen atoms in total. The van der Waals surface area contributed by atoms with Crippen LogP contribution >= 0.6 is 0 Å². The van der Waals surface area contributed by atoms with Gasteiger partial charge in [-0.25, -0.2) is 8.42 Å². The van der Waals surface area contributed by atoms with Crippen LogP contribution in [0.15, 0.2) is 17.6 Å². The van der Waals surface area contributed by atoms with Crippen molar-refractivity contribution in [2.45, 2.75) is 0 Å². The van der Waals surface area contributed by atoms with Crippen LogP contribution in [0.1, 0.15) is 0 Å². The average molecular weight is 231 g/mol. The van der Waals surface area contributed by atoms with E-state index in [1.54, 1.807) is 0 Å². The van der Waals surface area contributed by atoms with Crippen molar-refractivity contribution in [3.8, 4) is 0 Å². The van der Waals surface area contributed by atoms with E-state index >= 15 is 0 Å². The van der Waals surface area contributed by atoms with E-state index in [1.165, 1.54) is 6.08 Å². The van der Waals surface area contributed by atoms with Gasteiger partial charge in [0.25, 0.3) is 0 Å². The second kappa shape index (κ2) is 5.16. The average Bonchev–Trinajstić information content (AvgIpc) is 2.51. The lowest BCUT2D eigenvalue weighted by atomic mass is 10.6. The van der Waals surface area contributed by atoms with Gasteiger partial charge < -0.3 is 10.2 Å². The Kier molecular flexibility index (Phi) is 4.14. The number of guanidine groups is 1. The molecular formula is C9H17N3O2S. The number of hydrogen-bond donors (Lipinski definition) is 1. The maximum absolute atomic E-state index is 11.3. The Morgan fingerprint density at radius 2 is 2.40 bits per heavy atom. The topological polar surface area (TPSA) is 61.8 Å². The molecule has 0 aromatic carbocycles. The van der Waals surface area contributed by atoms with E-state index in [1.807, 2.05) is 11.9 Å². The Labute approximate surface area is 90.8 Å². The highest BCUT2D eigenvalue weighted by Gasteiger charge is 2.13. The first-order valence-corrected chi connectivity index (χ1v) is 6.68. The van der Waals surface area contributed by atoms with E-state index in [9.17, 15) is 8.42 Å². The van der Waals surface area contributed by atoms with Crippen LogP contribution in [0.2, 0.25) is 0 Å². The minimum atomic E-state index is -2.99. The summed E-state index contributed by atoms with van der Waals surface area (Å²) in [6.07, 6.45) is 1.41. The monoisotopic (exact) mass is 231 g/mol. The third kappa shape index (κ3) is 3.91. The quantitative estimate of drug-likeness (QED) is 0.647. The van der Waals surface area contributed by atoms with Crippen molar-refractivity contribution in [3.63, 3.8) is 0 Å². The van der Waals surface area contributed by atoms with Crippen LogP contribution in [0.3, 0.4) is 0 Å². The second-order valence-corrected chi connectivity index (χ2v) is 5.69. The minimum absolute atomic E-state index is 0.0387. The van der Waals surface area contributed by atoms with Crippen LogP contribution in [0.4, 0.5) is 0 Å². The summed E-state index contributed by atoms with van der Waals surface area (Å²) in [5, 5.41) is 3.01. The molecular weight excluding hydrogens is 214 g/mol. The summed E-state index contributed by atoms with van der Waals surface area (Å²) >= 11 is 0. The SMILES string of the molecule is C=CCS(=O)(=O)CCNC1=NCCN1C. The van der Waals surface area contributed by atoms with Gasteiger partial charge in [0.15, 0.2) is 15.8 Å². The number of likely N-dealkylation sites (N-methyl/N-ethyl adjacent to an activating group) is 1. The van der Waals surface area contributed by atoms with E-state index in [0.717, 1.165) is 19.0 Å². The number of nitrogens with one attached hydrogen (secondary N) is 1. The standard InChI is InChI=1S/C9H17N3O2S/c1-3-7-15(13,14)8-5-11-9-10-4-6-12(9)2/h3H,1,4-8H2,2H3,(H,10,11). The molecule has 0 saturated heterocycles. The van der Waals surface area contributed by atoms with Crippen LogP contribution in [0.25, 0.3) is 0 Å². The maximum atomic E-state index is 11.3. The van der Waals surface area contributed by atoms with E-state index in [0.29, 0.717) is 6.54 Å². The molecule has 0 aromatic rings. The zero-order chi connectivity index (χ0) is 11.3. The van der Waals surface area contributed by atoms with Gasteiger partial charge in [-0.2, -0.15) is 0 Å². The Morgan fingerprint density at radius 1 is 1.67 bits per heavy atom. The minimum Gasteiger partial charge on any atom is -0.355 e. The van der Waals surface area contributed by atoms with Gasteiger partial charge in [0.2, 0.25) is 0 Å². The predicted octanol–water partition coefficient (Wildman–Crippen LogP) is -0.522. The molecule has 0 bridgehead atoms. The molecule has 0 unspecified atom stereocenters. The summed E-state index contributed by atoms with van der Waals surface area (Å²) in [6, 6.07) is 0. The first-order valence-electron chi connectivity index (χ1n) is 4.86. The van der Waals surface area contributed by atoms with Crippen molar-refractivity contribution in [1.29, 1.82) is 0 Å². The van der Waals surface area contributed by atoms with Gasteiger partial charge in [-0.15, -0.1) is 6.58 Å². The lowest BCUT2D eigenvalue weighted by molar-refractivity contribution is 0.535. The van der Waals surface area contributed by atoms with E-state index in [4.69, 9.17) is 0 Å². The first kappa shape index (κ1) is 12.0. The molecule has 1 aliphatic rings. The molecule has 0 aliphatic carbocycles. The molecule has 0 aromatic heterocycles. The molecule has 0 saturated carbocycles. The van der Waals surface area contributed by atoms with Gasteiger partial charge >= 0.3 is 0 Å². The van der Waals surface area contributed by atoms with Gasteiger partial charge in [-0.05, 0) is 0 Å². The smallest absolute Gasteiger partial charge is 0.193 e. The van der Waals surface area contributed by atoms with Crippen molar-refractivity contribution in [1.82, 2.24) is 10.2 Å². The van der Waals surface area contributed by atoms with Crippen molar-refractivity contribution >= 4 is 15.8 Å². The molecule has 0 fully saturated rings. The zero-order valence-corrected chi connectivity index (χ0v) is 9.76. The van der Waals surface area contributed by atoms with Gasteiger partial charge in [0.1, 0.15) is 0 Å². The highest BCUT2D eigenvalue weighted by atomic mass is 32.2. The van der Waals surface area contributed by atoms with E-state index in [-0.39, 0.29) is 11.5 Å². The van der Waals surface area contributed by atoms with Gasteiger partial charge in [0, 0.05) is 20.1 Å². The molecule has 1 aliphatic heterocycles. The summed E-state index contributed by atoms with van der Waals surface area (Å²) in [7, 11) is -1.07. The highest BCUT2D eigenvalue weighted by Crippen LogP contribution is 1.95. The molecule has 15 heavy (non-hydrogen) atoms. The van der Waals surface area contributed by atoms with Crippen molar-refractivity contribution in [3.05, 3.63) is 12.7 Å². The predicted molar refractivity (Wildman–Crippen MR) is 61.8 cm³/mol. The zero-order valence-electron chi connectivity index (χ0n) is 8.94. The van der Waals surface area contributed by atoms with Crippen molar-refractivity contribution in [2.24, 2.45) is 4.99 Å². The molecule has 0 radical (unpaired) electrons. The van der Waals surface area contributed by atoms with Crippen LogP contribution < -0.4 is 5.32 Å². The van der Waals surface area contributed by atoms with Crippen molar-refractivity contribution in [2.75, 3.05) is 38.2 Å². The molecule has 86 valence electrons. The van der Waals surface area contributed by atoms with Crippen LogP contribution in [-0.2, 0) is 9.84 Å². The Hall–Kier alpha value is -1.04. The molecule has 1 heterocycles. The maximum Gasteiger partial charge on any atom is 0.193 e. The third-order valence-electron chi connectivity index (χ3n) is 2.13. The molecule has 1 rings (SSSR count). The summed E-state index contributed by atoms with van der Waals surface area (Å²) in [4.78, 5) is 6.17. The highest BCUT2D eigenvalue weighted by molar-refractivity contribution is 7.91. The van der Waals surface area contributed by atoms with Crippen LogP contribution in [-0.4, -0.2) is 57.5 Å². The summed E-state index contributed by atoms with van der Waals surface area (Å²) in [5.41, 5.74) is 0. The van der Waals surface area contributed by atoms with Gasteiger partial charge in [0.05, 0.1) is 18.1 Å². The molecule has 1 N–H and O–H groups in total. The summed E-state index contributed by atoms with van der Waals surface area (Å²) in [6.45, 7) is 5.48. The lowest BCUT2D eigenvalue weighted by Crippen LogP contribution is -2.38. The number of hydrogen-bond acceptors (Lipinski definition) is 5. The Balaban J connectivity index is 2.30. The molecule has 0 atom stereocenters. The van der Waals surface area contributed by atoms with Gasteiger partial charge in [-0.1, -0.05) is 6.08 Å². The van der Waals surface area contributed by atoms with E-state index < -0.39 is 9.84 Å². The Bertz CT molecular complexity index is 348. The fraction of sp³-hybridized carbons (Fsp3) is 0.667. The fourth-order valence-electron chi connectivity index (χ4n) is 1.30. The summed E-state index contributed by atoms with van der Waals surface area (Å²) in [5.74, 6) is 0.937. The number of rotatable bonds is 5. The third-order valence-corrected chi connectivity index (χ3v) is 3.70. The second-order valence-electron chi connectivity index (χ2n) is 3.46. The number of sulfone groups is 1. The number of aliphatic imine (C=N–C) groups is 1. The summed E-state index contributed by atoms with van der Waals surface area (Å²) < 4.78 is 22.6. The van der Waals surface area contributed by atoms with Crippen molar-refractivity contribution < 1.29 is 8.42 Å². The molecule has 0 spiro atoms. The Morgan fingerprint density at radius 3 is 2.93 bits per heavy atom. The number of nitrogens with zero attached hydrogens (tertiary/aromatic N) is 2. The largest absolute Gasteiger partial charge is 0.355 e.